The van der Waals surface area contributed by atoms with Crippen molar-refractivity contribution in [1.29, 1.82) is 0 Å². The maximum Gasteiger partial charge on any atom is 0.193 e. The number of aliphatic hydroxyl groups excluding tert-OH is 2. The molecule has 0 saturated carbocycles. The van der Waals surface area contributed by atoms with E-state index >= 15 is 0 Å². The van der Waals surface area contributed by atoms with Crippen molar-refractivity contribution in [3.63, 3.8) is 0 Å². The summed E-state index contributed by atoms with van der Waals surface area (Å²) in [6.07, 6.45) is 0. The van der Waals surface area contributed by atoms with Crippen LogP contribution in [0.4, 0.5) is 11.4 Å². The van der Waals surface area contributed by atoms with Crippen molar-refractivity contribution >= 4 is 17.2 Å². The Hall–Kier alpha value is -2.37. The van der Waals surface area contributed by atoms with E-state index in [9.17, 15) is 4.79 Å². The van der Waals surface area contributed by atoms with Gasteiger partial charge in [-0.15, -0.1) is 0 Å². The van der Waals surface area contributed by atoms with Gasteiger partial charge in [0.1, 0.15) is 13.5 Å². The normalized spacial score (nSPS) is 10.4. The first kappa shape index (κ1) is 16.0. The van der Waals surface area contributed by atoms with Gasteiger partial charge in [0.15, 0.2) is 5.78 Å². The highest BCUT2D eigenvalue weighted by Crippen LogP contribution is 2.18. The summed E-state index contributed by atoms with van der Waals surface area (Å²) < 4.78 is 0. The average molecular weight is 300 g/mol. The molecule has 0 aliphatic carbocycles. The van der Waals surface area contributed by atoms with Crippen molar-refractivity contribution in [1.82, 2.24) is 0 Å². The highest BCUT2D eigenvalue weighted by atomic mass is 16.3. The molecule has 0 saturated heterocycles. The molecule has 0 aromatic heterocycles. The lowest BCUT2D eigenvalue weighted by Crippen LogP contribution is -2.18. The second-order valence-electron chi connectivity index (χ2n) is 5.10. The largest absolute Gasteiger partial charge is 0.376 e. The molecule has 5 heteroatoms. The zero-order valence-corrected chi connectivity index (χ0v) is 12.7. The predicted molar refractivity (Wildman–Crippen MR) is 87.3 cm³/mol. The number of hydrogen-bond donors (Lipinski definition) is 2. The quantitative estimate of drug-likeness (QED) is 0.628. The molecule has 0 bridgehead atoms. The van der Waals surface area contributed by atoms with Gasteiger partial charge in [-0.05, 0) is 48.5 Å². The third kappa shape index (κ3) is 3.44. The molecule has 0 aliphatic heterocycles. The molecule has 2 aromatic carbocycles. The van der Waals surface area contributed by atoms with E-state index in [-0.39, 0.29) is 19.2 Å². The standard InChI is InChI=1S/C17H20N2O3/c1-18(11-20)15-7-3-13(4-8-15)17(22)14-5-9-16(10-6-14)19(2)12-21/h3-10,20-21H,11-12H2,1-2H3. The Morgan fingerprint density at radius 2 is 1.09 bits per heavy atom. The lowest BCUT2D eigenvalue weighted by molar-refractivity contribution is 0.103. The van der Waals surface area contributed by atoms with Crippen LogP contribution in [0.15, 0.2) is 48.5 Å². The third-order valence-electron chi connectivity index (χ3n) is 3.56. The Bertz CT molecular complexity index is 568. The fourth-order valence-electron chi connectivity index (χ4n) is 2.06. The minimum absolute atomic E-state index is 0.0589. The van der Waals surface area contributed by atoms with Crippen molar-refractivity contribution in [3.8, 4) is 0 Å². The van der Waals surface area contributed by atoms with Crippen molar-refractivity contribution in [2.45, 2.75) is 0 Å². The van der Waals surface area contributed by atoms with Crippen LogP contribution >= 0.6 is 0 Å². The maximum atomic E-state index is 12.4. The Morgan fingerprint density at radius 1 is 0.773 bits per heavy atom. The summed E-state index contributed by atoms with van der Waals surface area (Å²) in [6, 6.07) is 14.2. The van der Waals surface area contributed by atoms with E-state index in [0.29, 0.717) is 11.1 Å². The molecule has 5 nitrogen and oxygen atoms in total. The topological polar surface area (TPSA) is 64.0 Å². The van der Waals surface area contributed by atoms with E-state index in [1.807, 2.05) is 0 Å². The van der Waals surface area contributed by atoms with Crippen LogP contribution in [-0.4, -0.2) is 43.6 Å². The van der Waals surface area contributed by atoms with Gasteiger partial charge < -0.3 is 20.0 Å². The van der Waals surface area contributed by atoms with Crippen molar-refractivity contribution in [2.75, 3.05) is 37.4 Å². The van der Waals surface area contributed by atoms with Crippen molar-refractivity contribution < 1.29 is 15.0 Å². The average Bonchev–Trinajstić information content (AvgIpc) is 2.60. The molecule has 0 amide bonds. The second kappa shape index (κ2) is 7.06. The summed E-state index contributed by atoms with van der Waals surface area (Å²) in [6.45, 7) is -0.153. The lowest BCUT2D eigenvalue weighted by Gasteiger charge is -2.16. The molecule has 0 atom stereocenters. The molecule has 0 fully saturated rings. The van der Waals surface area contributed by atoms with Crippen molar-refractivity contribution in [2.24, 2.45) is 0 Å². The number of hydrogen-bond acceptors (Lipinski definition) is 5. The van der Waals surface area contributed by atoms with E-state index in [4.69, 9.17) is 10.2 Å². The van der Waals surface area contributed by atoms with Crippen molar-refractivity contribution in [3.05, 3.63) is 59.7 Å². The van der Waals surface area contributed by atoms with Gasteiger partial charge in [0.2, 0.25) is 0 Å². The van der Waals surface area contributed by atoms with Crippen LogP contribution in [-0.2, 0) is 0 Å². The summed E-state index contributed by atoms with van der Waals surface area (Å²) in [5.74, 6) is -0.0589. The fourth-order valence-corrected chi connectivity index (χ4v) is 2.06. The zero-order chi connectivity index (χ0) is 16.1. The van der Waals surface area contributed by atoms with Crippen LogP contribution in [0.5, 0.6) is 0 Å². The smallest absolute Gasteiger partial charge is 0.193 e. The minimum atomic E-state index is -0.0763. The number of ketones is 1. The number of benzene rings is 2. The molecule has 2 N–H and O–H groups in total. The van der Waals surface area contributed by atoms with Gasteiger partial charge in [-0.2, -0.15) is 0 Å². The Labute approximate surface area is 130 Å². The number of anilines is 2. The molecule has 2 rings (SSSR count). The van der Waals surface area contributed by atoms with Crippen LogP contribution in [0.1, 0.15) is 15.9 Å². The molecule has 0 radical (unpaired) electrons. The van der Waals surface area contributed by atoms with Gasteiger partial charge in [0.05, 0.1) is 0 Å². The first-order valence-corrected chi connectivity index (χ1v) is 6.95. The van der Waals surface area contributed by atoms with Gasteiger partial charge in [0.25, 0.3) is 0 Å². The third-order valence-corrected chi connectivity index (χ3v) is 3.56. The molecule has 0 unspecified atom stereocenters. The molecule has 0 spiro atoms. The van der Waals surface area contributed by atoms with Crippen LogP contribution in [0.3, 0.4) is 0 Å². The van der Waals surface area contributed by atoms with Gasteiger partial charge in [0, 0.05) is 36.6 Å². The summed E-state index contributed by atoms with van der Waals surface area (Å²) in [5, 5.41) is 18.1. The van der Waals surface area contributed by atoms with Crippen LogP contribution in [0.2, 0.25) is 0 Å². The maximum absolute atomic E-state index is 12.4. The Morgan fingerprint density at radius 3 is 1.36 bits per heavy atom. The first-order chi connectivity index (χ1) is 10.6. The highest BCUT2D eigenvalue weighted by molar-refractivity contribution is 6.09. The van der Waals surface area contributed by atoms with E-state index in [1.165, 1.54) is 0 Å². The summed E-state index contributed by atoms with van der Waals surface area (Å²) >= 11 is 0. The van der Waals surface area contributed by atoms with Crippen LogP contribution in [0, 0.1) is 0 Å². The minimum Gasteiger partial charge on any atom is -0.376 e. The van der Waals surface area contributed by atoms with Crippen LogP contribution < -0.4 is 9.80 Å². The van der Waals surface area contributed by atoms with Gasteiger partial charge >= 0.3 is 0 Å². The summed E-state index contributed by atoms with van der Waals surface area (Å²) in [7, 11) is 3.54. The van der Waals surface area contributed by atoms with E-state index in [1.54, 1.807) is 72.4 Å². The second-order valence-corrected chi connectivity index (χ2v) is 5.10. The number of aliphatic hydroxyl groups is 2. The predicted octanol–water partition coefficient (Wildman–Crippen LogP) is 1.69. The summed E-state index contributed by atoms with van der Waals surface area (Å²) in [5.41, 5.74) is 2.88. The number of carbonyl (C=O) groups excluding carboxylic acids is 1. The van der Waals surface area contributed by atoms with Gasteiger partial charge in [-0.1, -0.05) is 0 Å². The monoisotopic (exact) mass is 300 g/mol. The number of carbonyl (C=O) groups is 1. The molecule has 2 aromatic rings. The Balaban J connectivity index is 2.17. The zero-order valence-electron chi connectivity index (χ0n) is 12.7. The Kier molecular flexibility index (Phi) is 5.14. The summed E-state index contributed by atoms with van der Waals surface area (Å²) in [4.78, 5) is 15.8. The molecule has 0 heterocycles. The molecule has 0 aliphatic rings. The lowest BCUT2D eigenvalue weighted by atomic mass is 10.0. The van der Waals surface area contributed by atoms with E-state index < -0.39 is 0 Å². The number of nitrogens with zero attached hydrogens (tertiary/aromatic N) is 2. The molecule has 22 heavy (non-hydrogen) atoms. The van der Waals surface area contributed by atoms with E-state index in [2.05, 4.69) is 0 Å². The first-order valence-electron chi connectivity index (χ1n) is 6.95. The van der Waals surface area contributed by atoms with Gasteiger partial charge in [-0.25, -0.2) is 0 Å². The van der Waals surface area contributed by atoms with Crippen LogP contribution in [0.25, 0.3) is 0 Å². The molecular formula is C17H20N2O3. The number of rotatable bonds is 6. The molecule has 116 valence electrons. The highest BCUT2D eigenvalue weighted by Gasteiger charge is 2.10. The fraction of sp³-hybridized carbons (Fsp3) is 0.235. The SMILES string of the molecule is CN(CO)c1ccc(C(=O)c2ccc(N(C)CO)cc2)cc1. The van der Waals surface area contributed by atoms with Gasteiger partial charge in [-0.3, -0.25) is 4.79 Å². The van der Waals surface area contributed by atoms with E-state index in [0.717, 1.165) is 11.4 Å². The molecular weight excluding hydrogens is 280 g/mol.